The minimum Gasteiger partial charge on any atom is -0.493 e. The molecule has 0 aromatic heterocycles. The van der Waals surface area contributed by atoms with Crippen LogP contribution < -0.4 is 20.1 Å². The van der Waals surface area contributed by atoms with Crippen LogP contribution in [0, 0.1) is 5.82 Å². The van der Waals surface area contributed by atoms with Gasteiger partial charge in [0.05, 0.1) is 19.8 Å². The van der Waals surface area contributed by atoms with Gasteiger partial charge in [0.1, 0.15) is 5.82 Å². The molecule has 2 aromatic rings. The molecule has 0 aliphatic carbocycles. The first kappa shape index (κ1) is 18.6. The molecule has 0 unspecified atom stereocenters. The van der Waals surface area contributed by atoms with Crippen LogP contribution in [0.15, 0.2) is 42.5 Å². The van der Waals surface area contributed by atoms with Gasteiger partial charge in [-0.05, 0) is 37.6 Å². The highest BCUT2D eigenvalue weighted by molar-refractivity contribution is 5.75. The van der Waals surface area contributed by atoms with E-state index in [-0.39, 0.29) is 18.4 Å². The van der Waals surface area contributed by atoms with Crippen LogP contribution in [-0.2, 0) is 12.1 Å². The first-order chi connectivity index (χ1) is 11.9. The van der Waals surface area contributed by atoms with E-state index in [0.29, 0.717) is 17.1 Å². The van der Waals surface area contributed by atoms with Gasteiger partial charge in [0.15, 0.2) is 11.5 Å². The molecule has 0 heterocycles. The summed E-state index contributed by atoms with van der Waals surface area (Å²) in [6.45, 7) is 3.86. The molecule has 2 rings (SSSR count). The summed E-state index contributed by atoms with van der Waals surface area (Å²) in [5.74, 6) is 0.856. The van der Waals surface area contributed by atoms with Gasteiger partial charge < -0.3 is 20.1 Å². The number of ether oxygens (including phenoxy) is 2. The van der Waals surface area contributed by atoms with Gasteiger partial charge in [-0.2, -0.15) is 0 Å². The van der Waals surface area contributed by atoms with Crippen molar-refractivity contribution in [3.63, 3.8) is 0 Å². The average molecular weight is 346 g/mol. The molecule has 6 heteroatoms. The molecule has 0 fully saturated rings. The number of hydrogen-bond donors (Lipinski definition) is 2. The second-order valence-corrected chi connectivity index (χ2v) is 6.09. The van der Waals surface area contributed by atoms with E-state index >= 15 is 0 Å². The summed E-state index contributed by atoms with van der Waals surface area (Å²) >= 11 is 0. The maximum Gasteiger partial charge on any atom is 0.315 e. The monoisotopic (exact) mass is 346 g/mol. The van der Waals surface area contributed by atoms with Crippen molar-refractivity contribution in [3.05, 3.63) is 59.4 Å². The number of urea groups is 1. The summed E-state index contributed by atoms with van der Waals surface area (Å²) in [6, 6.07) is 11.4. The highest BCUT2D eigenvalue weighted by Gasteiger charge is 2.24. The van der Waals surface area contributed by atoms with Crippen LogP contribution in [0.3, 0.4) is 0 Å². The Bertz CT molecular complexity index is 747. The molecule has 134 valence electrons. The summed E-state index contributed by atoms with van der Waals surface area (Å²) < 4.78 is 24.1. The minimum atomic E-state index is -0.654. The third kappa shape index (κ3) is 4.62. The fraction of sp³-hybridized carbons (Fsp3) is 0.316. The van der Waals surface area contributed by atoms with Crippen LogP contribution in [0.2, 0.25) is 0 Å². The number of benzene rings is 2. The highest BCUT2D eigenvalue weighted by Crippen LogP contribution is 2.32. The predicted molar refractivity (Wildman–Crippen MR) is 94.3 cm³/mol. The van der Waals surface area contributed by atoms with Crippen molar-refractivity contribution in [2.24, 2.45) is 0 Å². The first-order valence-corrected chi connectivity index (χ1v) is 7.89. The molecule has 0 bridgehead atoms. The van der Waals surface area contributed by atoms with Gasteiger partial charge in [-0.3, -0.25) is 0 Å². The molecule has 5 nitrogen and oxygen atoms in total. The van der Waals surface area contributed by atoms with Gasteiger partial charge in [0.2, 0.25) is 0 Å². The van der Waals surface area contributed by atoms with Crippen molar-refractivity contribution >= 4 is 6.03 Å². The van der Waals surface area contributed by atoms with Gasteiger partial charge in [0.25, 0.3) is 0 Å². The lowest BCUT2D eigenvalue weighted by molar-refractivity contribution is 0.229. The summed E-state index contributed by atoms with van der Waals surface area (Å²) in [6.07, 6.45) is 0. The summed E-state index contributed by atoms with van der Waals surface area (Å²) in [5, 5.41) is 5.55. The van der Waals surface area contributed by atoms with Crippen LogP contribution in [0.4, 0.5) is 9.18 Å². The molecule has 0 spiro atoms. The Balaban J connectivity index is 2.05. The van der Waals surface area contributed by atoms with Gasteiger partial charge >= 0.3 is 6.03 Å². The van der Waals surface area contributed by atoms with Crippen LogP contribution in [-0.4, -0.2) is 20.3 Å². The number of rotatable bonds is 6. The van der Waals surface area contributed by atoms with Crippen LogP contribution in [0.25, 0.3) is 0 Å². The zero-order chi connectivity index (χ0) is 18.4. The van der Waals surface area contributed by atoms with Crippen LogP contribution >= 0.6 is 0 Å². The van der Waals surface area contributed by atoms with Crippen LogP contribution in [0.5, 0.6) is 11.5 Å². The summed E-state index contributed by atoms with van der Waals surface area (Å²) in [5.41, 5.74) is 0.631. The van der Waals surface area contributed by atoms with Gasteiger partial charge in [0, 0.05) is 12.1 Å². The van der Waals surface area contributed by atoms with E-state index in [9.17, 15) is 9.18 Å². The number of methoxy groups -OCH3 is 2. The van der Waals surface area contributed by atoms with E-state index in [0.717, 1.165) is 5.56 Å². The molecule has 2 N–H and O–H groups in total. The quantitative estimate of drug-likeness (QED) is 0.840. The molecule has 0 saturated heterocycles. The number of carbonyl (C=O) groups is 1. The van der Waals surface area contributed by atoms with Crippen molar-refractivity contribution in [1.82, 2.24) is 10.6 Å². The topological polar surface area (TPSA) is 59.6 Å². The molecular weight excluding hydrogens is 323 g/mol. The van der Waals surface area contributed by atoms with Gasteiger partial charge in [-0.15, -0.1) is 0 Å². The Morgan fingerprint density at radius 1 is 1.08 bits per heavy atom. The molecule has 2 aromatic carbocycles. The highest BCUT2D eigenvalue weighted by atomic mass is 19.1. The standard InChI is InChI=1S/C19H23FN2O3/c1-19(2,14-9-10-16(24-3)17(11-14)25-4)22-18(23)21-12-13-7-5-6-8-15(13)20/h5-11H,12H2,1-4H3,(H2,21,22,23). The second kappa shape index (κ2) is 7.88. The zero-order valence-electron chi connectivity index (χ0n) is 14.9. The fourth-order valence-electron chi connectivity index (χ4n) is 2.44. The third-order valence-electron chi connectivity index (χ3n) is 3.93. The normalized spacial score (nSPS) is 10.9. The van der Waals surface area contributed by atoms with Crippen molar-refractivity contribution in [2.45, 2.75) is 25.9 Å². The molecular formula is C19H23FN2O3. The SMILES string of the molecule is COc1ccc(C(C)(C)NC(=O)NCc2ccccc2F)cc1OC. The zero-order valence-corrected chi connectivity index (χ0v) is 14.9. The molecule has 0 aliphatic rings. The number of carbonyl (C=O) groups excluding carboxylic acids is 1. The largest absolute Gasteiger partial charge is 0.493 e. The third-order valence-corrected chi connectivity index (χ3v) is 3.93. The Labute approximate surface area is 147 Å². The van der Waals surface area contributed by atoms with E-state index in [4.69, 9.17) is 9.47 Å². The lowest BCUT2D eigenvalue weighted by Crippen LogP contribution is -2.46. The van der Waals surface area contributed by atoms with E-state index in [1.165, 1.54) is 6.07 Å². The molecule has 2 amide bonds. The average Bonchev–Trinajstić information content (AvgIpc) is 2.60. The molecule has 0 aliphatic heterocycles. The van der Waals surface area contributed by atoms with E-state index < -0.39 is 5.54 Å². The van der Waals surface area contributed by atoms with E-state index in [1.54, 1.807) is 38.5 Å². The molecule has 0 saturated carbocycles. The number of halogens is 1. The molecule has 0 atom stereocenters. The van der Waals surface area contributed by atoms with Crippen molar-refractivity contribution in [1.29, 1.82) is 0 Å². The maximum atomic E-state index is 13.6. The van der Waals surface area contributed by atoms with E-state index in [1.807, 2.05) is 26.0 Å². The second-order valence-electron chi connectivity index (χ2n) is 6.09. The summed E-state index contributed by atoms with van der Waals surface area (Å²) in [4.78, 5) is 12.2. The van der Waals surface area contributed by atoms with Crippen molar-refractivity contribution in [2.75, 3.05) is 14.2 Å². The first-order valence-electron chi connectivity index (χ1n) is 7.89. The molecule has 0 radical (unpaired) electrons. The predicted octanol–water partition coefficient (Wildman–Crippen LogP) is 3.58. The Morgan fingerprint density at radius 3 is 2.40 bits per heavy atom. The van der Waals surface area contributed by atoms with Gasteiger partial charge in [-0.1, -0.05) is 24.3 Å². The number of hydrogen-bond acceptors (Lipinski definition) is 3. The Hall–Kier alpha value is -2.76. The Kier molecular flexibility index (Phi) is 5.85. The number of amides is 2. The fourth-order valence-corrected chi connectivity index (χ4v) is 2.44. The smallest absolute Gasteiger partial charge is 0.315 e. The van der Waals surface area contributed by atoms with Crippen molar-refractivity contribution in [3.8, 4) is 11.5 Å². The Morgan fingerprint density at radius 2 is 1.76 bits per heavy atom. The lowest BCUT2D eigenvalue weighted by Gasteiger charge is -2.27. The van der Waals surface area contributed by atoms with Crippen LogP contribution in [0.1, 0.15) is 25.0 Å². The van der Waals surface area contributed by atoms with E-state index in [2.05, 4.69) is 10.6 Å². The molecule has 25 heavy (non-hydrogen) atoms. The minimum absolute atomic E-state index is 0.112. The summed E-state index contributed by atoms with van der Waals surface area (Å²) in [7, 11) is 3.13. The number of nitrogens with one attached hydrogen (secondary N) is 2. The maximum absolute atomic E-state index is 13.6. The van der Waals surface area contributed by atoms with Crippen molar-refractivity contribution < 1.29 is 18.7 Å². The van der Waals surface area contributed by atoms with Gasteiger partial charge in [-0.25, -0.2) is 9.18 Å². The lowest BCUT2D eigenvalue weighted by atomic mass is 9.94.